The number of aliphatic hydroxyl groups excluding tert-OH is 3. The Morgan fingerprint density at radius 1 is 1.18 bits per heavy atom. The molecular formula is C20H16ClF2N5O4S. The Morgan fingerprint density at radius 2 is 1.91 bits per heavy atom. The van der Waals surface area contributed by atoms with Gasteiger partial charge in [0.2, 0.25) is 0 Å². The van der Waals surface area contributed by atoms with Gasteiger partial charge in [-0.1, -0.05) is 28.6 Å². The molecule has 172 valence electrons. The van der Waals surface area contributed by atoms with Crippen molar-refractivity contribution in [3.8, 4) is 17.3 Å². The van der Waals surface area contributed by atoms with Gasteiger partial charge in [-0.05, 0) is 18.2 Å². The van der Waals surface area contributed by atoms with Gasteiger partial charge in [0.15, 0.2) is 0 Å². The number of benzene rings is 1. The molecule has 1 aliphatic heterocycles. The van der Waals surface area contributed by atoms with Gasteiger partial charge in [0, 0.05) is 22.9 Å². The number of aromatic nitrogens is 4. The standard InChI is InChI=1S/C20H16ClF2N5O4S/c21-10-3-11(6-25-5-10)33-20-19(31)17(18(30)16(8-29)32-20)28-7-15(26-27-28)9-1-13(22)12(4-24)14(23)2-9/h1-3,5-7,16-20,29-31H,8H2. The quantitative estimate of drug-likeness (QED) is 0.484. The van der Waals surface area contributed by atoms with Crippen LogP contribution in [0.15, 0.2) is 41.7 Å². The fraction of sp³-hybridized carbons (Fsp3) is 0.300. The Kier molecular flexibility index (Phi) is 6.89. The second kappa shape index (κ2) is 9.68. The molecule has 0 spiro atoms. The molecule has 1 fully saturated rings. The zero-order valence-electron chi connectivity index (χ0n) is 16.6. The van der Waals surface area contributed by atoms with Crippen molar-refractivity contribution in [2.24, 2.45) is 0 Å². The van der Waals surface area contributed by atoms with E-state index in [1.165, 1.54) is 24.7 Å². The number of halogens is 3. The fourth-order valence-electron chi connectivity index (χ4n) is 3.45. The van der Waals surface area contributed by atoms with Crippen molar-refractivity contribution in [1.29, 1.82) is 5.26 Å². The third-order valence-electron chi connectivity index (χ3n) is 5.05. The maximum absolute atomic E-state index is 14.0. The molecule has 9 nitrogen and oxygen atoms in total. The smallest absolute Gasteiger partial charge is 0.144 e. The zero-order chi connectivity index (χ0) is 23.7. The van der Waals surface area contributed by atoms with Gasteiger partial charge >= 0.3 is 0 Å². The van der Waals surface area contributed by atoms with E-state index < -0.39 is 53.6 Å². The number of rotatable bonds is 5. The van der Waals surface area contributed by atoms with E-state index in [2.05, 4.69) is 15.3 Å². The van der Waals surface area contributed by atoms with Crippen LogP contribution in [0.4, 0.5) is 8.78 Å². The van der Waals surface area contributed by atoms with Crippen LogP contribution in [-0.4, -0.2) is 65.7 Å². The molecule has 3 aromatic rings. The summed E-state index contributed by atoms with van der Waals surface area (Å²) in [6, 6.07) is 3.83. The Labute approximate surface area is 195 Å². The van der Waals surface area contributed by atoms with Gasteiger partial charge < -0.3 is 20.1 Å². The van der Waals surface area contributed by atoms with E-state index in [9.17, 15) is 24.1 Å². The van der Waals surface area contributed by atoms with Crippen LogP contribution in [0.25, 0.3) is 11.3 Å². The van der Waals surface area contributed by atoms with Crippen LogP contribution in [0.3, 0.4) is 0 Å². The summed E-state index contributed by atoms with van der Waals surface area (Å²) in [5.74, 6) is -2.11. The summed E-state index contributed by atoms with van der Waals surface area (Å²) >= 11 is 7.04. The van der Waals surface area contributed by atoms with Gasteiger partial charge in [-0.25, -0.2) is 13.5 Å². The van der Waals surface area contributed by atoms with E-state index in [0.29, 0.717) is 9.92 Å². The minimum absolute atomic E-state index is 0.0147. The van der Waals surface area contributed by atoms with E-state index >= 15 is 0 Å². The summed E-state index contributed by atoms with van der Waals surface area (Å²) in [5, 5.41) is 48.3. The summed E-state index contributed by atoms with van der Waals surface area (Å²) in [5.41, 5.74) is -1.59. The van der Waals surface area contributed by atoms with Crippen molar-refractivity contribution in [2.45, 2.75) is 34.7 Å². The molecule has 4 rings (SSSR count). The summed E-state index contributed by atoms with van der Waals surface area (Å²) in [7, 11) is 0. The van der Waals surface area contributed by atoms with Crippen LogP contribution in [0.1, 0.15) is 11.6 Å². The SMILES string of the molecule is N#Cc1c(F)cc(-c2cn(C3C(O)C(CO)OC(Sc4cncc(Cl)c4)C3O)nn2)cc1F. The number of ether oxygens (including phenoxy) is 1. The van der Waals surface area contributed by atoms with Crippen molar-refractivity contribution in [3.05, 3.63) is 59.0 Å². The molecule has 13 heteroatoms. The third-order valence-corrected chi connectivity index (χ3v) is 6.37. The van der Waals surface area contributed by atoms with Crippen LogP contribution in [0.5, 0.6) is 0 Å². The first-order valence-electron chi connectivity index (χ1n) is 9.53. The molecular weight excluding hydrogens is 480 g/mol. The van der Waals surface area contributed by atoms with Gasteiger partial charge in [-0.15, -0.1) is 5.10 Å². The van der Waals surface area contributed by atoms with Gasteiger partial charge in [0.25, 0.3) is 0 Å². The van der Waals surface area contributed by atoms with E-state index in [-0.39, 0.29) is 11.3 Å². The monoisotopic (exact) mass is 495 g/mol. The molecule has 0 bridgehead atoms. The van der Waals surface area contributed by atoms with Crippen LogP contribution in [-0.2, 0) is 4.74 Å². The molecule has 0 amide bonds. The molecule has 3 heterocycles. The molecule has 3 N–H and O–H groups in total. The lowest BCUT2D eigenvalue weighted by Crippen LogP contribution is -2.55. The summed E-state index contributed by atoms with van der Waals surface area (Å²) in [6.45, 7) is -0.539. The largest absolute Gasteiger partial charge is 0.394 e. The molecule has 5 atom stereocenters. The van der Waals surface area contributed by atoms with Crippen molar-refractivity contribution in [3.63, 3.8) is 0 Å². The Hall–Kier alpha value is -2.66. The topological polar surface area (TPSA) is 137 Å². The lowest BCUT2D eigenvalue weighted by atomic mass is 9.97. The highest BCUT2D eigenvalue weighted by molar-refractivity contribution is 7.99. The van der Waals surface area contributed by atoms with E-state index in [1.54, 1.807) is 6.07 Å². The molecule has 2 aromatic heterocycles. The van der Waals surface area contributed by atoms with Gasteiger partial charge in [-0.3, -0.25) is 4.98 Å². The van der Waals surface area contributed by atoms with Gasteiger partial charge in [-0.2, -0.15) is 5.26 Å². The number of hydrogen-bond donors (Lipinski definition) is 3. The molecule has 33 heavy (non-hydrogen) atoms. The van der Waals surface area contributed by atoms with Gasteiger partial charge in [0.1, 0.15) is 58.8 Å². The summed E-state index contributed by atoms with van der Waals surface area (Å²) < 4.78 is 34.8. The normalized spacial score (nSPS) is 25.1. The Balaban J connectivity index is 1.64. The average Bonchev–Trinajstić information content (AvgIpc) is 3.25. The van der Waals surface area contributed by atoms with Crippen molar-refractivity contribution in [1.82, 2.24) is 20.0 Å². The van der Waals surface area contributed by atoms with Crippen molar-refractivity contribution in [2.75, 3.05) is 6.61 Å². The number of nitriles is 1. The number of hydrogen-bond acceptors (Lipinski definition) is 9. The molecule has 0 aliphatic carbocycles. The first-order valence-corrected chi connectivity index (χ1v) is 10.8. The zero-order valence-corrected chi connectivity index (χ0v) is 18.2. The van der Waals surface area contributed by atoms with E-state index in [4.69, 9.17) is 21.6 Å². The average molecular weight is 496 g/mol. The first kappa shape index (κ1) is 23.5. The van der Waals surface area contributed by atoms with E-state index in [1.807, 2.05) is 0 Å². The van der Waals surface area contributed by atoms with Gasteiger partial charge in [0.05, 0.1) is 17.8 Å². The minimum atomic E-state index is -1.37. The number of nitrogens with zero attached hydrogens (tertiary/aromatic N) is 5. The van der Waals surface area contributed by atoms with Crippen LogP contribution in [0, 0.1) is 23.0 Å². The number of aliphatic hydroxyl groups is 3. The van der Waals surface area contributed by atoms with Crippen LogP contribution < -0.4 is 0 Å². The highest BCUT2D eigenvalue weighted by atomic mass is 35.5. The molecule has 1 aliphatic rings. The minimum Gasteiger partial charge on any atom is -0.394 e. The second-order valence-electron chi connectivity index (χ2n) is 7.16. The molecule has 1 saturated heterocycles. The highest BCUT2D eigenvalue weighted by Crippen LogP contribution is 2.38. The lowest BCUT2D eigenvalue weighted by molar-refractivity contribution is -0.178. The molecule has 0 radical (unpaired) electrons. The summed E-state index contributed by atoms with van der Waals surface area (Å²) in [4.78, 5) is 4.56. The Bertz CT molecular complexity index is 1190. The Morgan fingerprint density at radius 3 is 2.55 bits per heavy atom. The lowest BCUT2D eigenvalue weighted by Gasteiger charge is -2.41. The predicted molar refractivity (Wildman–Crippen MR) is 112 cm³/mol. The van der Waals surface area contributed by atoms with Crippen LogP contribution in [0.2, 0.25) is 5.02 Å². The van der Waals surface area contributed by atoms with Crippen molar-refractivity contribution >= 4 is 23.4 Å². The number of pyridine rings is 1. The maximum atomic E-state index is 14.0. The molecule has 1 aromatic carbocycles. The third kappa shape index (κ3) is 4.70. The first-order chi connectivity index (χ1) is 15.8. The molecule has 0 saturated carbocycles. The second-order valence-corrected chi connectivity index (χ2v) is 8.77. The summed E-state index contributed by atoms with van der Waals surface area (Å²) in [6.07, 6.45) is 0.500. The fourth-order valence-corrected chi connectivity index (χ4v) is 4.77. The maximum Gasteiger partial charge on any atom is 0.144 e. The highest BCUT2D eigenvalue weighted by Gasteiger charge is 2.46. The van der Waals surface area contributed by atoms with E-state index in [0.717, 1.165) is 28.6 Å². The van der Waals surface area contributed by atoms with Crippen LogP contribution >= 0.6 is 23.4 Å². The van der Waals surface area contributed by atoms with Crippen molar-refractivity contribution < 1.29 is 28.8 Å². The number of thioether (sulfide) groups is 1. The molecule has 5 unspecified atom stereocenters. The predicted octanol–water partition coefficient (Wildman–Crippen LogP) is 1.92.